The molecule has 0 spiro atoms. The molecule has 1 N–H and O–H groups in total. The Morgan fingerprint density at radius 1 is 1.29 bits per heavy atom. The quantitative estimate of drug-likeness (QED) is 0.816. The summed E-state index contributed by atoms with van der Waals surface area (Å²) >= 11 is 0. The third-order valence-corrected chi connectivity index (χ3v) is 3.25. The number of amides is 1. The van der Waals surface area contributed by atoms with Crippen molar-refractivity contribution in [2.45, 2.75) is 27.7 Å². The highest BCUT2D eigenvalue weighted by atomic mass is 16.5. The zero-order valence-electron chi connectivity index (χ0n) is 14.4. The largest absolute Gasteiger partial charge is 0.452 e. The fourth-order valence-electron chi connectivity index (χ4n) is 2.08. The number of hydrogen-bond donors (Lipinski definition) is 1. The van der Waals surface area contributed by atoms with Crippen LogP contribution in [0.2, 0.25) is 0 Å². The van der Waals surface area contributed by atoms with E-state index in [4.69, 9.17) is 4.74 Å². The molecule has 0 unspecified atom stereocenters. The number of ether oxygens (including phenoxy) is 1. The van der Waals surface area contributed by atoms with E-state index in [0.717, 1.165) is 11.4 Å². The van der Waals surface area contributed by atoms with Crippen LogP contribution in [0.5, 0.6) is 0 Å². The first-order valence-corrected chi connectivity index (χ1v) is 7.80. The van der Waals surface area contributed by atoms with Gasteiger partial charge < -0.3 is 10.1 Å². The van der Waals surface area contributed by atoms with Gasteiger partial charge in [-0.05, 0) is 38.0 Å². The van der Waals surface area contributed by atoms with Crippen LogP contribution in [-0.2, 0) is 9.53 Å². The zero-order valence-corrected chi connectivity index (χ0v) is 14.4. The average molecular weight is 330 g/mol. The van der Waals surface area contributed by atoms with Crippen LogP contribution in [0.1, 0.15) is 35.6 Å². The molecule has 128 valence electrons. The molecule has 0 aliphatic carbocycles. The summed E-state index contributed by atoms with van der Waals surface area (Å²) < 4.78 is 6.68. The molecule has 0 saturated heterocycles. The van der Waals surface area contributed by atoms with Crippen LogP contribution in [0.4, 0.5) is 0 Å². The first-order valence-electron chi connectivity index (χ1n) is 7.80. The van der Waals surface area contributed by atoms with Gasteiger partial charge in [0.2, 0.25) is 0 Å². The first-order chi connectivity index (χ1) is 11.4. The monoisotopic (exact) mass is 330 g/mol. The maximum atomic E-state index is 11.9. The number of carbonyl (C=O) groups is 2. The van der Waals surface area contributed by atoms with Gasteiger partial charge in [-0.2, -0.15) is 5.10 Å². The number of aromatic nitrogens is 3. The minimum atomic E-state index is -0.581. The van der Waals surface area contributed by atoms with Crippen LogP contribution in [0.15, 0.2) is 24.4 Å². The van der Waals surface area contributed by atoms with Gasteiger partial charge in [-0.15, -0.1) is 0 Å². The molecule has 24 heavy (non-hydrogen) atoms. The average Bonchev–Trinajstić information content (AvgIpc) is 2.89. The molecule has 0 aliphatic heterocycles. The van der Waals surface area contributed by atoms with Crippen molar-refractivity contribution in [1.29, 1.82) is 0 Å². The summed E-state index contributed by atoms with van der Waals surface area (Å²) in [5.41, 5.74) is 2.14. The number of nitrogens with one attached hydrogen (secondary N) is 1. The van der Waals surface area contributed by atoms with E-state index in [2.05, 4.69) is 15.4 Å². The van der Waals surface area contributed by atoms with E-state index in [1.807, 2.05) is 33.8 Å². The SMILES string of the molecule is Cc1cc(C)n(-c2ccc(C(=O)OCC(=O)NCC(C)C)cn2)n1. The van der Waals surface area contributed by atoms with Crippen LogP contribution in [0.3, 0.4) is 0 Å². The Labute approximate surface area is 141 Å². The number of pyridine rings is 1. The minimum absolute atomic E-state index is 0.289. The van der Waals surface area contributed by atoms with E-state index in [-0.39, 0.29) is 18.1 Å². The van der Waals surface area contributed by atoms with Gasteiger partial charge in [-0.25, -0.2) is 14.5 Å². The van der Waals surface area contributed by atoms with Crippen molar-refractivity contribution in [2.75, 3.05) is 13.2 Å². The Hall–Kier alpha value is -2.70. The predicted octanol–water partition coefficient (Wildman–Crippen LogP) is 1.81. The lowest BCUT2D eigenvalue weighted by Gasteiger charge is -2.08. The smallest absolute Gasteiger partial charge is 0.340 e. The summed E-state index contributed by atoms with van der Waals surface area (Å²) in [5, 5.41) is 7.02. The number of rotatable bonds is 6. The third-order valence-electron chi connectivity index (χ3n) is 3.25. The molecule has 0 bridgehead atoms. The maximum absolute atomic E-state index is 11.9. The lowest BCUT2D eigenvalue weighted by Crippen LogP contribution is -2.31. The van der Waals surface area contributed by atoms with Crippen LogP contribution < -0.4 is 5.32 Å². The Balaban J connectivity index is 1.94. The van der Waals surface area contributed by atoms with E-state index in [9.17, 15) is 9.59 Å². The molecule has 2 heterocycles. The van der Waals surface area contributed by atoms with Gasteiger partial charge in [-0.3, -0.25) is 4.79 Å². The lowest BCUT2D eigenvalue weighted by molar-refractivity contribution is -0.124. The molecular formula is C17H22N4O3. The van der Waals surface area contributed by atoms with E-state index in [1.54, 1.807) is 16.8 Å². The minimum Gasteiger partial charge on any atom is -0.452 e. The van der Waals surface area contributed by atoms with E-state index < -0.39 is 5.97 Å². The molecule has 2 aromatic heterocycles. The van der Waals surface area contributed by atoms with E-state index in [0.29, 0.717) is 18.3 Å². The Bertz CT molecular complexity index is 720. The standard InChI is InChI=1S/C17H22N4O3/c1-11(2)8-19-16(22)10-24-17(23)14-5-6-15(18-9-14)21-13(4)7-12(3)20-21/h5-7,9,11H,8,10H2,1-4H3,(H,19,22). The normalized spacial score (nSPS) is 10.7. The molecule has 1 amide bonds. The first kappa shape index (κ1) is 17.7. The van der Waals surface area contributed by atoms with E-state index in [1.165, 1.54) is 6.20 Å². The topological polar surface area (TPSA) is 86.1 Å². The fraction of sp³-hybridized carbons (Fsp3) is 0.412. The van der Waals surface area contributed by atoms with Gasteiger partial charge in [0.05, 0.1) is 11.3 Å². The van der Waals surface area contributed by atoms with Crippen molar-refractivity contribution < 1.29 is 14.3 Å². The summed E-state index contributed by atoms with van der Waals surface area (Å²) in [6.45, 7) is 8.06. The molecule has 7 nitrogen and oxygen atoms in total. The van der Waals surface area contributed by atoms with Crippen molar-refractivity contribution in [3.63, 3.8) is 0 Å². The Morgan fingerprint density at radius 2 is 2.04 bits per heavy atom. The van der Waals surface area contributed by atoms with Gasteiger partial charge in [-0.1, -0.05) is 13.8 Å². The molecule has 2 rings (SSSR count). The molecular weight excluding hydrogens is 308 g/mol. The Morgan fingerprint density at radius 3 is 2.58 bits per heavy atom. The van der Waals surface area contributed by atoms with Gasteiger partial charge in [0, 0.05) is 18.4 Å². The van der Waals surface area contributed by atoms with Crippen LogP contribution in [0, 0.1) is 19.8 Å². The zero-order chi connectivity index (χ0) is 17.7. The van der Waals surface area contributed by atoms with Crippen molar-refractivity contribution in [3.05, 3.63) is 41.3 Å². The molecule has 0 saturated carbocycles. The molecule has 2 aromatic rings. The molecule has 0 radical (unpaired) electrons. The molecule has 7 heteroatoms. The summed E-state index contributed by atoms with van der Waals surface area (Å²) in [4.78, 5) is 27.7. The summed E-state index contributed by atoms with van der Waals surface area (Å²) in [6, 6.07) is 5.24. The number of carbonyl (C=O) groups excluding carboxylic acids is 2. The van der Waals surface area contributed by atoms with Crippen molar-refractivity contribution >= 4 is 11.9 Å². The van der Waals surface area contributed by atoms with Gasteiger partial charge in [0.25, 0.3) is 5.91 Å². The summed E-state index contributed by atoms with van der Waals surface area (Å²) in [6.07, 6.45) is 1.42. The second kappa shape index (κ2) is 7.72. The number of nitrogens with zero attached hydrogens (tertiary/aromatic N) is 3. The lowest BCUT2D eigenvalue weighted by atomic mass is 10.2. The summed E-state index contributed by atoms with van der Waals surface area (Å²) in [7, 11) is 0. The summed E-state index contributed by atoms with van der Waals surface area (Å²) in [5.74, 6) is 0.0639. The van der Waals surface area contributed by atoms with Crippen LogP contribution in [-0.4, -0.2) is 39.8 Å². The number of hydrogen-bond acceptors (Lipinski definition) is 5. The molecule has 0 atom stereocenters. The Kier molecular flexibility index (Phi) is 5.68. The molecule has 0 fully saturated rings. The van der Waals surface area contributed by atoms with Gasteiger partial charge >= 0.3 is 5.97 Å². The highest BCUT2D eigenvalue weighted by molar-refractivity contribution is 5.91. The van der Waals surface area contributed by atoms with Crippen molar-refractivity contribution in [2.24, 2.45) is 5.92 Å². The molecule has 0 aliphatic rings. The van der Waals surface area contributed by atoms with Crippen molar-refractivity contribution in [3.8, 4) is 5.82 Å². The second-order valence-corrected chi connectivity index (χ2v) is 6.02. The van der Waals surface area contributed by atoms with Gasteiger partial charge in [0.15, 0.2) is 12.4 Å². The van der Waals surface area contributed by atoms with Crippen LogP contribution in [0.25, 0.3) is 5.82 Å². The van der Waals surface area contributed by atoms with E-state index >= 15 is 0 Å². The highest BCUT2D eigenvalue weighted by Gasteiger charge is 2.12. The second-order valence-electron chi connectivity index (χ2n) is 6.02. The number of esters is 1. The maximum Gasteiger partial charge on any atom is 0.340 e. The predicted molar refractivity (Wildman–Crippen MR) is 89.0 cm³/mol. The van der Waals surface area contributed by atoms with Crippen molar-refractivity contribution in [1.82, 2.24) is 20.1 Å². The highest BCUT2D eigenvalue weighted by Crippen LogP contribution is 2.10. The third kappa shape index (κ3) is 4.65. The fourth-order valence-corrected chi connectivity index (χ4v) is 2.08. The molecule has 0 aromatic carbocycles. The van der Waals surface area contributed by atoms with Crippen LogP contribution >= 0.6 is 0 Å². The van der Waals surface area contributed by atoms with Gasteiger partial charge in [0.1, 0.15) is 0 Å². The number of aryl methyl sites for hydroxylation is 2.